The third-order valence-corrected chi connectivity index (χ3v) is 5.19. The van der Waals surface area contributed by atoms with Gasteiger partial charge in [-0.1, -0.05) is 24.3 Å². The molecular weight excluding hydrogens is 425 g/mol. The molecule has 0 spiro atoms. The van der Waals surface area contributed by atoms with E-state index in [1.807, 2.05) is 24.3 Å². The number of piperazine rings is 1. The highest BCUT2D eigenvalue weighted by Gasteiger charge is 2.16. The number of benzene rings is 2. The van der Waals surface area contributed by atoms with Gasteiger partial charge in [0, 0.05) is 47.5 Å². The third-order valence-electron chi connectivity index (χ3n) is 4.52. The molecule has 0 saturated carbocycles. The molecule has 2 aromatic carbocycles. The summed E-state index contributed by atoms with van der Waals surface area (Å²) in [4.78, 5) is 17.0. The van der Waals surface area contributed by atoms with Gasteiger partial charge in [0.2, 0.25) is 0 Å². The van der Waals surface area contributed by atoms with E-state index in [2.05, 4.69) is 68.0 Å². The maximum Gasteiger partial charge on any atom is 0.251 e. The summed E-state index contributed by atoms with van der Waals surface area (Å²) in [7, 11) is 0. The van der Waals surface area contributed by atoms with E-state index in [1.54, 1.807) is 0 Å². The molecule has 1 fully saturated rings. The van der Waals surface area contributed by atoms with E-state index < -0.39 is 0 Å². The molecular formula is C20H24IN3O. The van der Waals surface area contributed by atoms with Crippen LogP contribution in [0.2, 0.25) is 0 Å². The van der Waals surface area contributed by atoms with Crippen molar-refractivity contribution in [1.29, 1.82) is 0 Å². The van der Waals surface area contributed by atoms with Gasteiger partial charge in [-0.2, -0.15) is 0 Å². The maximum absolute atomic E-state index is 12.1. The second-order valence-electron chi connectivity index (χ2n) is 6.28. The predicted molar refractivity (Wildman–Crippen MR) is 111 cm³/mol. The van der Waals surface area contributed by atoms with Gasteiger partial charge in [-0.25, -0.2) is 0 Å². The zero-order valence-electron chi connectivity index (χ0n) is 14.3. The highest BCUT2D eigenvalue weighted by atomic mass is 127. The lowest BCUT2D eigenvalue weighted by molar-refractivity contribution is 0.0951. The fourth-order valence-corrected chi connectivity index (χ4v) is 3.65. The molecule has 0 bridgehead atoms. The summed E-state index contributed by atoms with van der Waals surface area (Å²) in [5, 5.41) is 3.02. The lowest BCUT2D eigenvalue weighted by Crippen LogP contribution is -2.47. The summed E-state index contributed by atoms with van der Waals surface area (Å²) in [6, 6.07) is 18.3. The van der Waals surface area contributed by atoms with Gasteiger partial charge in [0.15, 0.2) is 0 Å². The van der Waals surface area contributed by atoms with Crippen molar-refractivity contribution in [1.82, 2.24) is 10.2 Å². The van der Waals surface area contributed by atoms with Crippen LogP contribution in [-0.4, -0.2) is 50.1 Å². The molecule has 1 saturated heterocycles. The van der Waals surface area contributed by atoms with Gasteiger partial charge in [0.1, 0.15) is 0 Å². The van der Waals surface area contributed by atoms with Gasteiger partial charge >= 0.3 is 0 Å². The van der Waals surface area contributed by atoms with E-state index in [0.29, 0.717) is 0 Å². The molecule has 1 heterocycles. The van der Waals surface area contributed by atoms with Crippen molar-refractivity contribution in [3.8, 4) is 0 Å². The predicted octanol–water partition coefficient (Wildman–Crippen LogP) is 3.23. The number of rotatable bonds is 6. The van der Waals surface area contributed by atoms with Gasteiger partial charge in [0.05, 0.1) is 0 Å². The number of hydrogen-bond acceptors (Lipinski definition) is 3. The number of carbonyl (C=O) groups is 1. The van der Waals surface area contributed by atoms with Crippen LogP contribution in [-0.2, 0) is 0 Å². The van der Waals surface area contributed by atoms with E-state index in [4.69, 9.17) is 0 Å². The largest absolute Gasteiger partial charge is 0.369 e. The molecule has 0 aliphatic carbocycles. The molecule has 0 aromatic heterocycles. The molecule has 0 radical (unpaired) electrons. The molecule has 4 nitrogen and oxygen atoms in total. The number of para-hydroxylation sites is 1. The summed E-state index contributed by atoms with van der Waals surface area (Å²) in [6.07, 6.45) is 0.987. The van der Waals surface area contributed by atoms with Crippen molar-refractivity contribution in [2.45, 2.75) is 6.42 Å². The smallest absolute Gasteiger partial charge is 0.251 e. The number of halogens is 1. The Morgan fingerprint density at radius 3 is 2.48 bits per heavy atom. The molecule has 2 aromatic rings. The first-order valence-electron chi connectivity index (χ1n) is 8.78. The Morgan fingerprint density at radius 1 is 1.00 bits per heavy atom. The second-order valence-corrected chi connectivity index (χ2v) is 7.53. The van der Waals surface area contributed by atoms with Crippen LogP contribution in [0, 0.1) is 3.57 Å². The van der Waals surface area contributed by atoms with E-state index in [1.165, 1.54) is 5.69 Å². The Balaban J connectivity index is 1.34. The van der Waals surface area contributed by atoms with Crippen molar-refractivity contribution in [3.05, 3.63) is 63.7 Å². The summed E-state index contributed by atoms with van der Waals surface area (Å²) >= 11 is 2.23. The lowest BCUT2D eigenvalue weighted by atomic mass is 10.2. The first-order valence-corrected chi connectivity index (χ1v) is 9.86. The van der Waals surface area contributed by atoms with E-state index in [0.717, 1.165) is 54.8 Å². The lowest BCUT2D eigenvalue weighted by Gasteiger charge is -2.36. The summed E-state index contributed by atoms with van der Waals surface area (Å²) in [5.41, 5.74) is 2.05. The molecule has 25 heavy (non-hydrogen) atoms. The van der Waals surface area contributed by atoms with Gasteiger partial charge in [-0.05, 0) is 65.9 Å². The standard InChI is InChI=1S/C20H24IN3O/c21-18-7-4-6-17(16-18)20(25)22-10-5-11-23-12-14-24(15-13-23)19-8-2-1-3-9-19/h1-4,6-9,16H,5,10-15H2,(H,22,25). The van der Waals surface area contributed by atoms with Crippen LogP contribution in [0.5, 0.6) is 0 Å². The Bertz CT molecular complexity index is 684. The summed E-state index contributed by atoms with van der Waals surface area (Å²) in [5.74, 6) is 0.0208. The number of nitrogens with one attached hydrogen (secondary N) is 1. The van der Waals surface area contributed by atoms with E-state index in [-0.39, 0.29) is 5.91 Å². The number of nitrogens with zero attached hydrogens (tertiary/aromatic N) is 2. The minimum Gasteiger partial charge on any atom is -0.369 e. The molecule has 0 atom stereocenters. The topological polar surface area (TPSA) is 35.6 Å². The summed E-state index contributed by atoms with van der Waals surface area (Å²) < 4.78 is 1.08. The molecule has 3 rings (SSSR count). The Morgan fingerprint density at radius 2 is 1.76 bits per heavy atom. The van der Waals surface area contributed by atoms with Crippen LogP contribution < -0.4 is 10.2 Å². The fraction of sp³-hybridized carbons (Fsp3) is 0.350. The molecule has 0 unspecified atom stereocenters. The van der Waals surface area contributed by atoms with Crippen LogP contribution >= 0.6 is 22.6 Å². The number of carbonyl (C=O) groups excluding carboxylic acids is 1. The molecule has 1 aliphatic rings. The number of anilines is 1. The average Bonchev–Trinajstić information content (AvgIpc) is 2.66. The van der Waals surface area contributed by atoms with Crippen LogP contribution in [0.4, 0.5) is 5.69 Å². The van der Waals surface area contributed by atoms with E-state index in [9.17, 15) is 4.79 Å². The van der Waals surface area contributed by atoms with Crippen LogP contribution in [0.25, 0.3) is 0 Å². The fourth-order valence-electron chi connectivity index (χ4n) is 3.10. The van der Waals surface area contributed by atoms with Crippen molar-refractivity contribution in [2.24, 2.45) is 0 Å². The average molecular weight is 449 g/mol. The molecule has 1 amide bonds. The highest BCUT2D eigenvalue weighted by molar-refractivity contribution is 14.1. The highest BCUT2D eigenvalue weighted by Crippen LogP contribution is 2.15. The van der Waals surface area contributed by atoms with Gasteiger partial charge in [-0.3, -0.25) is 9.69 Å². The first kappa shape index (κ1) is 18.2. The Hall–Kier alpha value is -1.60. The summed E-state index contributed by atoms with van der Waals surface area (Å²) in [6.45, 7) is 6.07. The zero-order chi connectivity index (χ0) is 17.5. The van der Waals surface area contributed by atoms with Gasteiger partial charge in [-0.15, -0.1) is 0 Å². The molecule has 5 heteroatoms. The Labute approximate surface area is 163 Å². The van der Waals surface area contributed by atoms with Crippen molar-refractivity contribution >= 4 is 34.2 Å². The Kier molecular flexibility index (Phi) is 6.69. The van der Waals surface area contributed by atoms with Crippen molar-refractivity contribution in [2.75, 3.05) is 44.2 Å². The zero-order valence-corrected chi connectivity index (χ0v) is 16.5. The SMILES string of the molecule is O=C(NCCCN1CCN(c2ccccc2)CC1)c1cccc(I)c1. The quantitative estimate of drug-likeness (QED) is 0.544. The van der Waals surface area contributed by atoms with Crippen LogP contribution in [0.15, 0.2) is 54.6 Å². The van der Waals surface area contributed by atoms with Crippen LogP contribution in [0.1, 0.15) is 16.8 Å². The normalized spacial score (nSPS) is 15.2. The third kappa shape index (κ3) is 5.44. The van der Waals surface area contributed by atoms with E-state index >= 15 is 0 Å². The molecule has 132 valence electrons. The minimum absolute atomic E-state index is 0.0208. The van der Waals surface area contributed by atoms with Crippen molar-refractivity contribution < 1.29 is 4.79 Å². The van der Waals surface area contributed by atoms with Gasteiger partial charge < -0.3 is 10.2 Å². The first-order chi connectivity index (χ1) is 12.2. The molecule has 1 aliphatic heterocycles. The monoisotopic (exact) mass is 449 g/mol. The van der Waals surface area contributed by atoms with Crippen LogP contribution in [0.3, 0.4) is 0 Å². The number of hydrogen-bond donors (Lipinski definition) is 1. The van der Waals surface area contributed by atoms with Gasteiger partial charge in [0.25, 0.3) is 5.91 Å². The van der Waals surface area contributed by atoms with Crippen molar-refractivity contribution in [3.63, 3.8) is 0 Å². The molecule has 1 N–H and O–H groups in total. The minimum atomic E-state index is 0.0208. The number of amides is 1. The maximum atomic E-state index is 12.1. The second kappa shape index (κ2) is 9.20.